The zero-order valence-electron chi connectivity index (χ0n) is 20.9. The minimum atomic E-state index is -4.52. The first-order valence-corrected chi connectivity index (χ1v) is 13.2. The summed E-state index contributed by atoms with van der Waals surface area (Å²) in [5.41, 5.74) is 1.94. The molecule has 38 heavy (non-hydrogen) atoms. The van der Waals surface area contributed by atoms with Crippen molar-refractivity contribution in [3.05, 3.63) is 77.2 Å². The van der Waals surface area contributed by atoms with Gasteiger partial charge in [-0.3, -0.25) is 4.79 Å². The van der Waals surface area contributed by atoms with Crippen LogP contribution in [-0.4, -0.2) is 35.3 Å². The Morgan fingerprint density at radius 3 is 2.71 bits per heavy atom. The van der Waals surface area contributed by atoms with E-state index in [9.17, 15) is 18.0 Å². The molecule has 1 atom stereocenters. The number of methoxy groups -OCH3 is 1. The number of alkyl halides is 4. The van der Waals surface area contributed by atoms with Gasteiger partial charge in [0.1, 0.15) is 23.3 Å². The van der Waals surface area contributed by atoms with Gasteiger partial charge >= 0.3 is 6.18 Å². The number of rotatable bonds is 8. The molecule has 0 spiro atoms. The first kappa shape index (κ1) is 26.2. The van der Waals surface area contributed by atoms with Crippen molar-refractivity contribution >= 4 is 28.4 Å². The van der Waals surface area contributed by atoms with Gasteiger partial charge in [0.15, 0.2) is 0 Å². The van der Waals surface area contributed by atoms with Crippen LogP contribution in [0, 0.1) is 0 Å². The maximum Gasteiger partial charge on any atom is 0.417 e. The van der Waals surface area contributed by atoms with Crippen LogP contribution in [0.1, 0.15) is 54.3 Å². The Morgan fingerprint density at radius 1 is 1.13 bits per heavy atom. The third-order valence-corrected chi connectivity index (χ3v) is 7.34. The minimum Gasteiger partial charge on any atom is -0.497 e. The lowest BCUT2D eigenvalue weighted by Crippen LogP contribution is -2.40. The summed E-state index contributed by atoms with van der Waals surface area (Å²) < 4.78 is 52.6. The molecule has 9 heteroatoms. The second-order valence-electron chi connectivity index (χ2n) is 9.41. The van der Waals surface area contributed by atoms with E-state index < -0.39 is 17.8 Å². The van der Waals surface area contributed by atoms with Gasteiger partial charge in [-0.05, 0) is 61.2 Å². The number of carbonyl (C=O) groups excluding carboxylic acids is 1. The molecule has 0 unspecified atom stereocenters. The van der Waals surface area contributed by atoms with Crippen molar-refractivity contribution in [2.24, 2.45) is 0 Å². The molecule has 2 aromatic heterocycles. The number of ether oxygens (including phenoxy) is 1. The lowest BCUT2D eigenvalue weighted by atomic mass is 9.95. The van der Waals surface area contributed by atoms with Crippen molar-refractivity contribution in [3.63, 3.8) is 0 Å². The number of aromatic amines is 1. The number of H-pyrrole nitrogens is 1. The highest BCUT2D eigenvalue weighted by Crippen LogP contribution is 2.43. The van der Waals surface area contributed by atoms with Crippen LogP contribution in [0.5, 0.6) is 5.75 Å². The summed E-state index contributed by atoms with van der Waals surface area (Å²) in [5.74, 6) is 1.76. The number of hydrogen-bond donors (Lipinski definition) is 1. The van der Waals surface area contributed by atoms with E-state index in [-0.39, 0.29) is 17.2 Å². The van der Waals surface area contributed by atoms with Gasteiger partial charge in [0, 0.05) is 35.3 Å². The van der Waals surface area contributed by atoms with Crippen LogP contribution < -0.4 is 4.74 Å². The van der Waals surface area contributed by atoms with E-state index in [1.807, 2.05) is 18.2 Å². The number of nitrogens with one attached hydrogen (secondary N) is 1. The Kier molecular flexibility index (Phi) is 7.43. The number of hydrogen-bond acceptors (Lipinski definition) is 3. The molecule has 0 saturated heterocycles. The minimum absolute atomic E-state index is 0.0277. The average Bonchev–Trinajstić information content (AvgIpc) is 3.54. The van der Waals surface area contributed by atoms with Crippen LogP contribution >= 0.6 is 11.6 Å². The molecular weight excluding hydrogens is 517 g/mol. The van der Waals surface area contributed by atoms with Crippen LogP contribution in [0.15, 0.2) is 59.0 Å². The van der Waals surface area contributed by atoms with Crippen LogP contribution in [0.25, 0.3) is 22.2 Å². The largest absolute Gasteiger partial charge is 0.497 e. The number of unbranched alkanes of at least 4 members (excludes halogenated alkanes) is 2. The van der Waals surface area contributed by atoms with Crippen LogP contribution in [-0.2, 0) is 17.4 Å². The van der Waals surface area contributed by atoms with Gasteiger partial charge in [-0.2, -0.15) is 13.2 Å². The lowest BCUT2D eigenvalue weighted by Gasteiger charge is -2.35. The highest BCUT2D eigenvalue weighted by atomic mass is 35.5. The second-order valence-corrected chi connectivity index (χ2v) is 9.79. The van der Waals surface area contributed by atoms with Crippen molar-refractivity contribution in [3.8, 4) is 17.1 Å². The van der Waals surface area contributed by atoms with Gasteiger partial charge in [-0.1, -0.05) is 24.6 Å². The van der Waals surface area contributed by atoms with Crippen molar-refractivity contribution < 1.29 is 27.1 Å². The summed E-state index contributed by atoms with van der Waals surface area (Å²) in [6.07, 6.45) is -1.12. The number of fused-ring (bicyclic) bond motifs is 3. The standard InChI is InChI=1S/C29H28ClF3N2O3/c1-37-18-10-11-23-21(17-18)19-14-16-35(26(36)9-3-2-6-15-30)28(27(19)34-23)25-13-12-24(38-25)20-7-4-5-8-22(20)29(31,32)33/h4-5,7-8,10-13,17,28,34H,2-3,6,9,14-16H2,1H3/t28-/m0/s1. The molecule has 1 amide bonds. The molecular formula is C29H28ClF3N2O3. The predicted octanol–water partition coefficient (Wildman–Crippen LogP) is 7.73. The summed E-state index contributed by atoms with van der Waals surface area (Å²) in [4.78, 5) is 18.6. The molecule has 0 fully saturated rings. The number of aromatic nitrogens is 1. The molecule has 3 heterocycles. The Bertz CT molecular complexity index is 1440. The molecule has 5 rings (SSSR count). The summed E-state index contributed by atoms with van der Waals surface area (Å²) in [6, 6.07) is 13.7. The topological polar surface area (TPSA) is 58.5 Å². The quantitative estimate of drug-likeness (QED) is 0.182. The molecule has 200 valence electrons. The van der Waals surface area contributed by atoms with Crippen molar-refractivity contribution in [2.75, 3.05) is 19.5 Å². The first-order valence-electron chi connectivity index (χ1n) is 12.6. The van der Waals surface area contributed by atoms with E-state index in [1.165, 1.54) is 12.1 Å². The Labute approximate surface area is 223 Å². The smallest absolute Gasteiger partial charge is 0.417 e. The van der Waals surface area contributed by atoms with Crippen molar-refractivity contribution in [2.45, 2.75) is 44.3 Å². The van der Waals surface area contributed by atoms with E-state index in [0.717, 1.165) is 46.8 Å². The van der Waals surface area contributed by atoms with Crippen LogP contribution in [0.3, 0.4) is 0 Å². The fraction of sp³-hybridized carbons (Fsp3) is 0.345. The number of carbonyl (C=O) groups is 1. The number of benzene rings is 2. The maximum absolute atomic E-state index is 13.7. The third kappa shape index (κ3) is 5.01. The van der Waals surface area contributed by atoms with Crippen molar-refractivity contribution in [1.29, 1.82) is 0 Å². The number of halogens is 4. The fourth-order valence-corrected chi connectivity index (χ4v) is 5.43. The molecule has 0 bridgehead atoms. The Balaban J connectivity index is 1.57. The van der Waals surface area contributed by atoms with Crippen LogP contribution in [0.4, 0.5) is 13.2 Å². The average molecular weight is 545 g/mol. The van der Waals surface area contributed by atoms with Crippen LogP contribution in [0.2, 0.25) is 0 Å². The molecule has 1 aliphatic rings. The van der Waals surface area contributed by atoms with E-state index >= 15 is 0 Å². The van der Waals surface area contributed by atoms with Gasteiger partial charge in [0.25, 0.3) is 0 Å². The van der Waals surface area contributed by atoms with E-state index in [4.69, 9.17) is 20.8 Å². The van der Waals surface area contributed by atoms with Gasteiger partial charge in [0.2, 0.25) is 5.91 Å². The molecule has 1 N–H and O–H groups in total. The molecule has 5 nitrogen and oxygen atoms in total. The molecule has 1 aliphatic heterocycles. The maximum atomic E-state index is 13.7. The summed E-state index contributed by atoms with van der Waals surface area (Å²) in [7, 11) is 1.61. The number of amides is 1. The zero-order chi connectivity index (χ0) is 26.9. The summed E-state index contributed by atoms with van der Waals surface area (Å²) >= 11 is 5.79. The SMILES string of the molecule is COc1ccc2[nH]c3c(c2c1)CCN(C(=O)CCCCCCl)[C@H]3c1ccc(-c2ccccc2C(F)(F)F)o1. The highest BCUT2D eigenvalue weighted by Gasteiger charge is 2.38. The fourth-order valence-electron chi connectivity index (χ4n) is 5.24. The molecule has 2 aromatic carbocycles. The molecule has 0 aliphatic carbocycles. The van der Waals surface area contributed by atoms with Gasteiger partial charge in [-0.15, -0.1) is 11.6 Å². The Hall–Kier alpha value is -3.39. The summed E-state index contributed by atoms with van der Waals surface area (Å²) in [6.45, 7) is 0.464. The number of nitrogens with zero attached hydrogens (tertiary/aromatic N) is 1. The zero-order valence-corrected chi connectivity index (χ0v) is 21.7. The normalized spacial score (nSPS) is 15.6. The van der Waals surface area contributed by atoms with Gasteiger partial charge in [-0.25, -0.2) is 0 Å². The van der Waals surface area contributed by atoms with E-state index in [1.54, 1.807) is 30.2 Å². The lowest BCUT2D eigenvalue weighted by molar-refractivity contribution is -0.137. The summed E-state index contributed by atoms with van der Waals surface area (Å²) in [5, 5.41) is 0.993. The van der Waals surface area contributed by atoms with Gasteiger partial charge in [0.05, 0.1) is 18.4 Å². The first-order chi connectivity index (χ1) is 18.3. The highest BCUT2D eigenvalue weighted by molar-refractivity contribution is 6.17. The monoisotopic (exact) mass is 544 g/mol. The van der Waals surface area contributed by atoms with E-state index in [0.29, 0.717) is 37.4 Å². The Morgan fingerprint density at radius 2 is 1.95 bits per heavy atom. The molecule has 4 aromatic rings. The van der Waals surface area contributed by atoms with E-state index in [2.05, 4.69) is 4.98 Å². The second kappa shape index (κ2) is 10.8. The number of furan rings is 1. The molecule has 0 saturated carbocycles. The van der Waals surface area contributed by atoms with Gasteiger partial charge < -0.3 is 19.0 Å². The predicted molar refractivity (Wildman–Crippen MR) is 140 cm³/mol. The van der Waals surface area contributed by atoms with Crippen molar-refractivity contribution in [1.82, 2.24) is 9.88 Å². The molecule has 0 radical (unpaired) electrons. The third-order valence-electron chi connectivity index (χ3n) is 7.07.